The summed E-state index contributed by atoms with van der Waals surface area (Å²) >= 11 is 0. The van der Waals surface area contributed by atoms with Crippen molar-refractivity contribution >= 4 is 23.7 Å². The topological polar surface area (TPSA) is 228 Å². The first-order valence-corrected chi connectivity index (χ1v) is 10.6. The van der Waals surface area contributed by atoms with E-state index in [2.05, 4.69) is 35.9 Å². The quantitative estimate of drug-likeness (QED) is 0.151. The van der Waals surface area contributed by atoms with Gasteiger partial charge in [0.1, 0.15) is 18.1 Å². The zero-order valence-corrected chi connectivity index (χ0v) is 18.8. The number of nitrogens with two attached hydrogens (primary N) is 1. The van der Waals surface area contributed by atoms with Crippen LogP contribution in [0, 0.1) is 5.92 Å². The zero-order chi connectivity index (χ0) is 25.3. The number of imidazole rings is 2. The maximum Gasteiger partial charge on any atom is 0.328 e. The monoisotopic (exact) mass is 478 g/mol. The lowest BCUT2D eigenvalue weighted by atomic mass is 10.0. The normalized spacial score (nSPS) is 14.6. The van der Waals surface area contributed by atoms with Crippen LogP contribution in [0.2, 0.25) is 0 Å². The summed E-state index contributed by atoms with van der Waals surface area (Å²) in [6.45, 7) is 2.69. The molecule has 4 atom stereocenters. The first-order valence-electron chi connectivity index (χ1n) is 10.6. The van der Waals surface area contributed by atoms with Crippen molar-refractivity contribution in [2.24, 2.45) is 11.7 Å². The zero-order valence-electron chi connectivity index (χ0n) is 18.8. The molecule has 2 aromatic rings. The van der Waals surface area contributed by atoms with Crippen molar-refractivity contribution in [3.63, 3.8) is 0 Å². The molecule has 4 unspecified atom stereocenters. The Bertz CT molecular complexity index is 946. The molecule has 0 bridgehead atoms. The highest BCUT2D eigenvalue weighted by atomic mass is 16.4. The van der Waals surface area contributed by atoms with Gasteiger partial charge in [0, 0.05) is 36.6 Å². The summed E-state index contributed by atoms with van der Waals surface area (Å²) in [5, 5.41) is 25.7. The fraction of sp³-hybridized carbons (Fsp3) is 0.500. The van der Waals surface area contributed by atoms with E-state index in [4.69, 9.17) is 10.8 Å². The number of aromatic nitrogens is 4. The van der Waals surface area contributed by atoms with Crippen molar-refractivity contribution < 1.29 is 29.4 Å². The Labute approximate surface area is 195 Å². The summed E-state index contributed by atoms with van der Waals surface area (Å²) in [5.41, 5.74) is 6.95. The fourth-order valence-corrected chi connectivity index (χ4v) is 2.95. The highest BCUT2D eigenvalue weighted by Crippen LogP contribution is 2.05. The van der Waals surface area contributed by atoms with Crippen LogP contribution in [0.1, 0.15) is 25.2 Å². The molecule has 34 heavy (non-hydrogen) atoms. The maximum absolute atomic E-state index is 13.2. The first-order chi connectivity index (χ1) is 16.1. The van der Waals surface area contributed by atoms with Crippen molar-refractivity contribution in [2.75, 3.05) is 6.61 Å². The van der Waals surface area contributed by atoms with Crippen LogP contribution in [0.3, 0.4) is 0 Å². The lowest BCUT2D eigenvalue weighted by molar-refractivity contribution is -0.143. The average molecular weight is 479 g/mol. The summed E-state index contributed by atoms with van der Waals surface area (Å²) in [6.07, 6.45) is 5.72. The van der Waals surface area contributed by atoms with Crippen LogP contribution in [0.15, 0.2) is 25.0 Å². The number of amides is 3. The van der Waals surface area contributed by atoms with Gasteiger partial charge in [-0.05, 0) is 5.92 Å². The molecule has 0 fully saturated rings. The van der Waals surface area contributed by atoms with E-state index >= 15 is 0 Å². The number of carbonyl (C=O) groups is 4. The van der Waals surface area contributed by atoms with E-state index in [0.717, 1.165) is 0 Å². The van der Waals surface area contributed by atoms with Crippen LogP contribution in [-0.4, -0.2) is 84.6 Å². The maximum atomic E-state index is 13.2. The molecule has 14 nitrogen and oxygen atoms in total. The minimum atomic E-state index is -1.56. The number of carboxylic acid groups (broad SMARTS) is 1. The Hall–Kier alpha value is -3.78. The molecule has 14 heteroatoms. The third-order valence-electron chi connectivity index (χ3n) is 5.04. The van der Waals surface area contributed by atoms with Gasteiger partial charge in [0.15, 0.2) is 0 Å². The van der Waals surface area contributed by atoms with Crippen LogP contribution >= 0.6 is 0 Å². The van der Waals surface area contributed by atoms with Crippen molar-refractivity contribution in [1.82, 2.24) is 35.9 Å². The Kier molecular flexibility index (Phi) is 9.70. The Morgan fingerprint density at radius 3 is 1.68 bits per heavy atom. The first kappa shape index (κ1) is 26.5. The molecule has 0 aromatic carbocycles. The van der Waals surface area contributed by atoms with Crippen molar-refractivity contribution in [1.29, 1.82) is 0 Å². The second kappa shape index (κ2) is 12.5. The number of H-pyrrole nitrogens is 2. The lowest BCUT2D eigenvalue weighted by Crippen LogP contribution is -2.58. The smallest absolute Gasteiger partial charge is 0.328 e. The van der Waals surface area contributed by atoms with E-state index in [9.17, 15) is 24.3 Å². The minimum absolute atomic E-state index is 0.0369. The number of nitrogens with one attached hydrogen (secondary N) is 5. The fourth-order valence-electron chi connectivity index (χ4n) is 2.95. The number of nitrogens with zero attached hydrogens (tertiary/aromatic N) is 2. The molecule has 0 saturated heterocycles. The van der Waals surface area contributed by atoms with Crippen LogP contribution in [0.25, 0.3) is 0 Å². The molecule has 2 heterocycles. The summed E-state index contributed by atoms with van der Waals surface area (Å²) in [4.78, 5) is 63.1. The van der Waals surface area contributed by atoms with E-state index in [-0.39, 0.29) is 18.8 Å². The van der Waals surface area contributed by atoms with E-state index in [1.54, 1.807) is 13.8 Å². The molecular formula is C20H30N8O6. The average Bonchev–Trinajstić information content (AvgIpc) is 3.49. The van der Waals surface area contributed by atoms with E-state index in [1.165, 1.54) is 25.0 Å². The van der Waals surface area contributed by atoms with Gasteiger partial charge < -0.3 is 41.9 Å². The summed E-state index contributed by atoms with van der Waals surface area (Å²) in [6, 6.07) is -4.76. The molecule has 186 valence electrons. The number of aliphatic carboxylic acids is 1. The number of hydrogen-bond acceptors (Lipinski definition) is 8. The minimum Gasteiger partial charge on any atom is -0.480 e. The van der Waals surface area contributed by atoms with Gasteiger partial charge in [0.25, 0.3) is 0 Å². The van der Waals surface area contributed by atoms with Crippen molar-refractivity contribution in [3.05, 3.63) is 36.4 Å². The predicted octanol–water partition coefficient (Wildman–Crippen LogP) is -2.57. The number of hydrogen-bond donors (Lipinski definition) is 8. The molecule has 0 aliphatic rings. The number of carboxylic acids is 1. The number of rotatable bonds is 13. The molecular weight excluding hydrogens is 448 g/mol. The van der Waals surface area contributed by atoms with Gasteiger partial charge in [-0.1, -0.05) is 13.8 Å². The van der Waals surface area contributed by atoms with E-state index < -0.39 is 54.5 Å². The van der Waals surface area contributed by atoms with Crippen LogP contribution in [0.5, 0.6) is 0 Å². The molecule has 0 saturated carbocycles. The standard InChI is InChI=1S/C20H30N8O6/c1-10(2)16(21)19(32)27-14(4-12-6-23-9-25-12)17(30)26-13(3-11-5-22-8-24-11)18(31)28-15(7-29)20(33)34/h5-6,8-10,13-16,29H,3-4,7,21H2,1-2H3,(H,22,24)(H,23,25)(H,26,30)(H,27,32)(H,28,31)(H,33,34). The molecule has 0 spiro atoms. The van der Waals surface area contributed by atoms with E-state index in [0.29, 0.717) is 11.4 Å². The Morgan fingerprint density at radius 2 is 1.32 bits per heavy atom. The SMILES string of the molecule is CC(C)C(N)C(=O)NC(Cc1cnc[nH]1)C(=O)NC(Cc1cnc[nH]1)C(=O)NC(CO)C(=O)O. The number of aromatic amines is 2. The second-order valence-corrected chi connectivity index (χ2v) is 8.04. The van der Waals surface area contributed by atoms with Gasteiger partial charge >= 0.3 is 5.97 Å². The molecule has 0 aliphatic carbocycles. The van der Waals surface area contributed by atoms with Crippen molar-refractivity contribution in [2.45, 2.75) is 50.9 Å². The Morgan fingerprint density at radius 1 is 0.882 bits per heavy atom. The van der Waals surface area contributed by atoms with E-state index in [1.807, 2.05) is 0 Å². The molecule has 0 aliphatic heterocycles. The highest BCUT2D eigenvalue weighted by Gasteiger charge is 2.31. The van der Waals surface area contributed by atoms with Gasteiger partial charge in [-0.25, -0.2) is 14.8 Å². The Balaban J connectivity index is 2.22. The van der Waals surface area contributed by atoms with Crippen molar-refractivity contribution in [3.8, 4) is 0 Å². The summed E-state index contributed by atoms with van der Waals surface area (Å²) in [7, 11) is 0. The largest absolute Gasteiger partial charge is 0.480 e. The van der Waals surface area contributed by atoms with Crippen LogP contribution in [-0.2, 0) is 32.0 Å². The third-order valence-corrected chi connectivity index (χ3v) is 5.04. The van der Waals surface area contributed by atoms with Gasteiger partial charge in [-0.15, -0.1) is 0 Å². The van der Waals surface area contributed by atoms with Crippen LogP contribution in [0.4, 0.5) is 0 Å². The second-order valence-electron chi connectivity index (χ2n) is 8.04. The van der Waals surface area contributed by atoms with Gasteiger partial charge in [-0.3, -0.25) is 14.4 Å². The molecule has 3 amide bonds. The third kappa shape index (κ3) is 7.67. The number of carbonyl (C=O) groups excluding carboxylic acids is 3. The van der Waals surface area contributed by atoms with Gasteiger partial charge in [0.05, 0.1) is 25.3 Å². The highest BCUT2D eigenvalue weighted by molar-refractivity contribution is 5.94. The van der Waals surface area contributed by atoms with Crippen LogP contribution < -0.4 is 21.7 Å². The van der Waals surface area contributed by atoms with Gasteiger partial charge in [-0.2, -0.15) is 0 Å². The number of aliphatic hydroxyl groups is 1. The molecule has 2 aromatic heterocycles. The predicted molar refractivity (Wildman–Crippen MR) is 118 cm³/mol. The molecule has 0 radical (unpaired) electrons. The molecule has 9 N–H and O–H groups in total. The van der Waals surface area contributed by atoms with Gasteiger partial charge in [0.2, 0.25) is 17.7 Å². The summed E-state index contributed by atoms with van der Waals surface area (Å²) in [5.74, 6) is -3.70. The molecule has 2 rings (SSSR count). The summed E-state index contributed by atoms with van der Waals surface area (Å²) < 4.78 is 0. The lowest BCUT2D eigenvalue weighted by Gasteiger charge is -2.25. The number of aliphatic hydroxyl groups excluding tert-OH is 1.